The number of halogens is 3. The lowest BCUT2D eigenvalue weighted by Gasteiger charge is -2.25. The molecule has 1 unspecified atom stereocenters. The number of benzene rings is 2. The zero-order chi connectivity index (χ0) is 21.3. The maximum atomic E-state index is 13.1. The average Bonchev–Trinajstić information content (AvgIpc) is 3.47. The van der Waals surface area contributed by atoms with Gasteiger partial charge in [0.05, 0.1) is 11.6 Å². The molecule has 0 saturated heterocycles. The van der Waals surface area contributed by atoms with E-state index in [1.165, 1.54) is 0 Å². The van der Waals surface area contributed by atoms with Gasteiger partial charge >= 0.3 is 0 Å². The molecule has 1 fully saturated rings. The van der Waals surface area contributed by atoms with Gasteiger partial charge in [-0.1, -0.05) is 40.9 Å². The van der Waals surface area contributed by atoms with E-state index in [1.807, 2.05) is 0 Å². The number of hydrogen-bond donors (Lipinski definition) is 0. The second-order valence-corrected chi connectivity index (χ2v) is 8.24. The van der Waals surface area contributed by atoms with E-state index >= 15 is 0 Å². The highest BCUT2D eigenvalue weighted by molar-refractivity contribution is 6.42. The van der Waals surface area contributed by atoms with Crippen molar-refractivity contribution in [1.82, 2.24) is 15.1 Å². The fourth-order valence-electron chi connectivity index (χ4n) is 2.99. The molecule has 0 bridgehead atoms. The van der Waals surface area contributed by atoms with Crippen LogP contribution < -0.4 is 4.74 Å². The maximum absolute atomic E-state index is 13.1. The molecule has 0 aliphatic heterocycles. The van der Waals surface area contributed by atoms with Crippen LogP contribution in [-0.2, 0) is 11.3 Å². The summed E-state index contributed by atoms with van der Waals surface area (Å²) in [7, 11) is 0. The van der Waals surface area contributed by atoms with Gasteiger partial charge in [-0.25, -0.2) is 0 Å². The second kappa shape index (κ2) is 8.84. The average molecular weight is 467 g/mol. The van der Waals surface area contributed by atoms with E-state index in [0.29, 0.717) is 27.6 Å². The molecule has 6 nitrogen and oxygen atoms in total. The number of carbonyl (C=O) groups excluding carboxylic acids is 1. The first-order valence-corrected chi connectivity index (χ1v) is 10.5. The van der Waals surface area contributed by atoms with E-state index in [1.54, 1.807) is 54.3 Å². The Bertz CT molecular complexity index is 1050. The number of amides is 1. The first-order valence-electron chi connectivity index (χ1n) is 9.42. The number of hydrogen-bond acceptors (Lipinski definition) is 5. The SMILES string of the molecule is CC(Oc1cccc(Cl)c1Cl)C(=O)N(Cc1nnc(-c2ccc(Cl)cc2)o1)C1CC1. The molecule has 3 aromatic rings. The molecule has 4 rings (SSSR count). The molecule has 0 N–H and O–H groups in total. The Balaban J connectivity index is 1.47. The lowest BCUT2D eigenvalue weighted by atomic mass is 10.2. The van der Waals surface area contributed by atoms with Crippen LogP contribution in [0, 0.1) is 0 Å². The third kappa shape index (κ3) is 4.72. The van der Waals surface area contributed by atoms with Gasteiger partial charge in [-0.15, -0.1) is 10.2 Å². The minimum atomic E-state index is -0.750. The largest absolute Gasteiger partial charge is 0.479 e. The monoisotopic (exact) mass is 465 g/mol. The normalized spacial score (nSPS) is 14.4. The molecule has 0 spiro atoms. The number of ether oxygens (including phenoxy) is 1. The van der Waals surface area contributed by atoms with Crippen LogP contribution in [0.5, 0.6) is 5.75 Å². The Kier molecular flexibility index (Phi) is 6.18. The van der Waals surface area contributed by atoms with Gasteiger partial charge in [0.2, 0.25) is 11.8 Å². The molecule has 1 atom stereocenters. The van der Waals surface area contributed by atoms with Crippen LogP contribution in [0.2, 0.25) is 15.1 Å². The molecule has 1 saturated carbocycles. The van der Waals surface area contributed by atoms with E-state index < -0.39 is 6.10 Å². The molecule has 1 aromatic heterocycles. The fourth-order valence-corrected chi connectivity index (χ4v) is 3.46. The van der Waals surface area contributed by atoms with Crippen molar-refractivity contribution in [3.63, 3.8) is 0 Å². The van der Waals surface area contributed by atoms with Gasteiger partial charge in [0.15, 0.2) is 6.10 Å². The fraction of sp³-hybridized carbons (Fsp3) is 0.286. The summed E-state index contributed by atoms with van der Waals surface area (Å²) in [5.41, 5.74) is 0.759. The molecule has 156 valence electrons. The number of carbonyl (C=O) groups is 1. The number of rotatable bonds is 7. The Morgan fingerprint density at radius 2 is 1.90 bits per heavy atom. The van der Waals surface area contributed by atoms with Crippen molar-refractivity contribution in [2.75, 3.05) is 0 Å². The van der Waals surface area contributed by atoms with Crippen molar-refractivity contribution < 1.29 is 13.9 Å². The van der Waals surface area contributed by atoms with Crippen LogP contribution in [0.15, 0.2) is 46.9 Å². The predicted molar refractivity (Wildman–Crippen MR) is 115 cm³/mol. The Morgan fingerprint density at radius 3 is 2.60 bits per heavy atom. The Morgan fingerprint density at radius 1 is 1.17 bits per heavy atom. The van der Waals surface area contributed by atoms with Gasteiger partial charge in [-0.3, -0.25) is 4.79 Å². The van der Waals surface area contributed by atoms with E-state index in [2.05, 4.69) is 10.2 Å². The molecular formula is C21H18Cl3N3O3. The molecule has 1 aliphatic rings. The van der Waals surface area contributed by atoms with Crippen LogP contribution in [0.25, 0.3) is 11.5 Å². The number of nitrogens with zero attached hydrogens (tertiary/aromatic N) is 3. The highest BCUT2D eigenvalue weighted by Crippen LogP contribution is 2.34. The van der Waals surface area contributed by atoms with E-state index in [4.69, 9.17) is 44.0 Å². The van der Waals surface area contributed by atoms with Crippen molar-refractivity contribution in [3.8, 4) is 17.2 Å². The summed E-state index contributed by atoms with van der Waals surface area (Å²) >= 11 is 18.1. The van der Waals surface area contributed by atoms with Crippen LogP contribution in [0.3, 0.4) is 0 Å². The Labute approximate surface area is 188 Å². The van der Waals surface area contributed by atoms with Gasteiger partial charge < -0.3 is 14.1 Å². The third-order valence-corrected chi connectivity index (χ3v) is 5.76. The van der Waals surface area contributed by atoms with Crippen molar-refractivity contribution in [2.24, 2.45) is 0 Å². The summed E-state index contributed by atoms with van der Waals surface area (Å²) in [5, 5.41) is 9.45. The van der Waals surface area contributed by atoms with Crippen molar-refractivity contribution >= 4 is 40.7 Å². The second-order valence-electron chi connectivity index (χ2n) is 7.02. The third-order valence-electron chi connectivity index (χ3n) is 4.70. The summed E-state index contributed by atoms with van der Waals surface area (Å²) < 4.78 is 11.5. The minimum Gasteiger partial charge on any atom is -0.479 e. The summed E-state index contributed by atoms with van der Waals surface area (Å²) in [6, 6.07) is 12.3. The molecule has 9 heteroatoms. The molecule has 30 heavy (non-hydrogen) atoms. The topological polar surface area (TPSA) is 68.5 Å². The lowest BCUT2D eigenvalue weighted by molar-refractivity contribution is -0.139. The van der Waals surface area contributed by atoms with Gasteiger partial charge in [0.25, 0.3) is 5.91 Å². The quantitative estimate of drug-likeness (QED) is 0.450. The highest BCUT2D eigenvalue weighted by atomic mass is 35.5. The van der Waals surface area contributed by atoms with Crippen LogP contribution in [0.1, 0.15) is 25.7 Å². The highest BCUT2D eigenvalue weighted by Gasteiger charge is 2.36. The standard InChI is InChI=1S/C21H18Cl3N3O3/c1-12(29-17-4-2-3-16(23)19(17)24)21(28)27(15-9-10-15)11-18-25-26-20(30-18)13-5-7-14(22)8-6-13/h2-8,12,15H,9-11H2,1H3. The molecular weight excluding hydrogens is 449 g/mol. The Hall–Kier alpha value is -2.28. The van der Waals surface area contributed by atoms with Crippen molar-refractivity contribution in [3.05, 3.63) is 63.4 Å². The maximum Gasteiger partial charge on any atom is 0.264 e. The molecule has 1 aliphatic carbocycles. The number of aromatic nitrogens is 2. The summed E-state index contributed by atoms with van der Waals surface area (Å²) in [6.45, 7) is 1.89. The summed E-state index contributed by atoms with van der Waals surface area (Å²) in [4.78, 5) is 14.8. The van der Waals surface area contributed by atoms with Gasteiger partial charge in [-0.05, 0) is 56.2 Å². The molecule has 1 heterocycles. The van der Waals surface area contributed by atoms with Crippen molar-refractivity contribution in [1.29, 1.82) is 0 Å². The van der Waals surface area contributed by atoms with Crippen LogP contribution in [0.4, 0.5) is 0 Å². The first-order chi connectivity index (χ1) is 14.4. The van der Waals surface area contributed by atoms with Gasteiger partial charge in [-0.2, -0.15) is 0 Å². The van der Waals surface area contributed by atoms with Crippen molar-refractivity contribution in [2.45, 2.75) is 38.5 Å². The van der Waals surface area contributed by atoms with Gasteiger partial charge in [0, 0.05) is 16.6 Å². The smallest absolute Gasteiger partial charge is 0.264 e. The van der Waals surface area contributed by atoms with E-state index in [0.717, 1.165) is 18.4 Å². The van der Waals surface area contributed by atoms with Gasteiger partial charge in [0.1, 0.15) is 10.8 Å². The predicted octanol–water partition coefficient (Wildman–Crippen LogP) is 5.66. The lowest BCUT2D eigenvalue weighted by Crippen LogP contribution is -2.41. The van der Waals surface area contributed by atoms with E-state index in [9.17, 15) is 4.79 Å². The summed E-state index contributed by atoms with van der Waals surface area (Å²) in [5.74, 6) is 0.913. The van der Waals surface area contributed by atoms with Crippen LogP contribution in [-0.4, -0.2) is 33.2 Å². The minimum absolute atomic E-state index is 0.129. The molecule has 1 amide bonds. The first kappa shape index (κ1) is 21.0. The summed E-state index contributed by atoms with van der Waals surface area (Å²) in [6.07, 6.45) is 1.10. The zero-order valence-corrected chi connectivity index (χ0v) is 18.3. The molecule has 2 aromatic carbocycles. The van der Waals surface area contributed by atoms with Crippen LogP contribution >= 0.6 is 34.8 Å². The van der Waals surface area contributed by atoms with E-state index in [-0.39, 0.29) is 23.5 Å². The molecule has 0 radical (unpaired) electrons. The zero-order valence-electron chi connectivity index (χ0n) is 16.0.